The molecule has 0 rings (SSSR count). The van der Waals surface area contributed by atoms with E-state index >= 15 is 0 Å². The molecule has 0 nitrogen and oxygen atoms in total. The number of hydrogen-bond donors (Lipinski definition) is 0. The van der Waals surface area contributed by atoms with E-state index in [1.54, 1.807) is 0 Å². The molecule has 0 atom stereocenters. The molecule has 0 saturated carbocycles. The molecule has 12 heavy (non-hydrogen) atoms. The normalized spacial score (nSPS) is 7.00. The van der Waals surface area contributed by atoms with Gasteiger partial charge in [0, 0.05) is 5.03 Å². The van der Waals surface area contributed by atoms with E-state index in [1.807, 2.05) is 34.6 Å². The quantitative estimate of drug-likeness (QED) is 0.552. The summed E-state index contributed by atoms with van der Waals surface area (Å²) in [5, 5.41) is 0.968. The summed E-state index contributed by atoms with van der Waals surface area (Å²) in [6.07, 6.45) is 2.18. The Hall–Kier alpha value is 0.0300. The lowest BCUT2D eigenvalue weighted by molar-refractivity contribution is 0.966. The minimum atomic E-state index is 0.968. The average molecular weight is 193 g/mol. The molecule has 0 N–H and O–H groups in total. The number of rotatable bonds is 2. The fraction of sp³-hybridized carbons (Fsp3) is 0.818. The number of allylic oxidation sites excluding steroid dienone is 2. The predicted molar refractivity (Wildman–Crippen MR) is 61.8 cm³/mol. The molecular formula is C11H25Cl. The molecule has 0 amide bonds. The van der Waals surface area contributed by atoms with Crippen molar-refractivity contribution >= 4 is 11.6 Å². The molecule has 0 spiro atoms. The maximum absolute atomic E-state index is 5.72. The van der Waals surface area contributed by atoms with Gasteiger partial charge in [-0.15, -0.1) is 0 Å². The van der Waals surface area contributed by atoms with Crippen LogP contribution in [0.1, 0.15) is 61.3 Å². The lowest BCUT2D eigenvalue weighted by Crippen LogP contribution is -1.77. The van der Waals surface area contributed by atoms with Crippen LogP contribution >= 0.6 is 11.6 Å². The van der Waals surface area contributed by atoms with Crippen LogP contribution in [0.15, 0.2) is 10.6 Å². The molecule has 0 radical (unpaired) electrons. The van der Waals surface area contributed by atoms with Gasteiger partial charge in [0.15, 0.2) is 0 Å². The lowest BCUT2D eigenvalue weighted by atomic mass is 10.1. The van der Waals surface area contributed by atoms with Crippen LogP contribution in [0.4, 0.5) is 0 Å². The van der Waals surface area contributed by atoms with Crippen LogP contribution in [0.2, 0.25) is 0 Å². The van der Waals surface area contributed by atoms with Crippen molar-refractivity contribution in [3.63, 3.8) is 0 Å². The zero-order chi connectivity index (χ0) is 10.6. The van der Waals surface area contributed by atoms with Gasteiger partial charge in [0.1, 0.15) is 0 Å². The molecule has 0 aliphatic carbocycles. The van der Waals surface area contributed by atoms with Gasteiger partial charge in [-0.2, -0.15) is 0 Å². The second-order valence-corrected chi connectivity index (χ2v) is 2.41. The first-order valence-electron chi connectivity index (χ1n) is 5.06. The Labute approximate surface area is 84.0 Å². The van der Waals surface area contributed by atoms with Gasteiger partial charge in [-0.1, -0.05) is 58.7 Å². The highest BCUT2D eigenvalue weighted by molar-refractivity contribution is 6.29. The van der Waals surface area contributed by atoms with Crippen LogP contribution < -0.4 is 0 Å². The molecule has 0 bridgehead atoms. The molecule has 0 fully saturated rings. The van der Waals surface area contributed by atoms with Crippen LogP contribution in [-0.4, -0.2) is 0 Å². The Morgan fingerprint density at radius 3 is 1.17 bits per heavy atom. The summed E-state index contributed by atoms with van der Waals surface area (Å²) in [7, 11) is 0. The molecular weight excluding hydrogens is 168 g/mol. The van der Waals surface area contributed by atoms with Crippen molar-refractivity contribution in [1.29, 1.82) is 0 Å². The monoisotopic (exact) mass is 192 g/mol. The second-order valence-electron chi connectivity index (χ2n) is 1.84. The summed E-state index contributed by atoms with van der Waals surface area (Å²) in [6.45, 7) is 14.2. The summed E-state index contributed by atoms with van der Waals surface area (Å²) in [5.74, 6) is 0. The SMILES string of the molecule is CC.CC.CCC(CC)=C(C)Cl. The van der Waals surface area contributed by atoms with Gasteiger partial charge in [0.2, 0.25) is 0 Å². The highest BCUT2D eigenvalue weighted by Gasteiger charge is 1.91. The Balaban J connectivity index is -0.000000175. The first-order valence-corrected chi connectivity index (χ1v) is 5.44. The molecule has 0 aromatic rings. The molecule has 0 unspecified atom stereocenters. The molecule has 0 aromatic heterocycles. The van der Waals surface area contributed by atoms with E-state index in [0.29, 0.717) is 0 Å². The van der Waals surface area contributed by atoms with Gasteiger partial charge in [0.25, 0.3) is 0 Å². The molecule has 1 heteroatoms. The van der Waals surface area contributed by atoms with Crippen molar-refractivity contribution in [2.75, 3.05) is 0 Å². The topological polar surface area (TPSA) is 0 Å². The van der Waals surface area contributed by atoms with Crippen molar-refractivity contribution in [1.82, 2.24) is 0 Å². The van der Waals surface area contributed by atoms with E-state index in [0.717, 1.165) is 17.9 Å². The Kier molecular flexibility index (Phi) is 25.7. The first-order chi connectivity index (χ1) is 5.72. The molecule has 0 heterocycles. The minimum Gasteiger partial charge on any atom is -0.0895 e. The third-order valence-corrected chi connectivity index (χ3v) is 1.61. The molecule has 0 aliphatic rings. The molecule has 0 aromatic carbocycles. The van der Waals surface area contributed by atoms with E-state index in [4.69, 9.17) is 11.6 Å². The average Bonchev–Trinajstić information content (AvgIpc) is 2.13. The van der Waals surface area contributed by atoms with Crippen LogP contribution in [0.25, 0.3) is 0 Å². The van der Waals surface area contributed by atoms with Gasteiger partial charge >= 0.3 is 0 Å². The highest BCUT2D eigenvalue weighted by atomic mass is 35.5. The van der Waals surface area contributed by atoms with Crippen molar-refractivity contribution in [3.8, 4) is 0 Å². The summed E-state index contributed by atoms with van der Waals surface area (Å²) in [5.41, 5.74) is 1.37. The van der Waals surface area contributed by atoms with Gasteiger partial charge in [-0.05, 0) is 19.8 Å². The largest absolute Gasteiger partial charge is 0.0895 e. The van der Waals surface area contributed by atoms with Crippen molar-refractivity contribution < 1.29 is 0 Å². The van der Waals surface area contributed by atoms with Crippen LogP contribution in [-0.2, 0) is 0 Å². The fourth-order valence-electron chi connectivity index (χ4n) is 0.737. The van der Waals surface area contributed by atoms with Crippen molar-refractivity contribution in [2.45, 2.75) is 61.3 Å². The van der Waals surface area contributed by atoms with E-state index in [1.165, 1.54) is 5.57 Å². The molecule has 0 saturated heterocycles. The maximum atomic E-state index is 5.72. The van der Waals surface area contributed by atoms with E-state index in [9.17, 15) is 0 Å². The van der Waals surface area contributed by atoms with Gasteiger partial charge < -0.3 is 0 Å². The summed E-state index contributed by atoms with van der Waals surface area (Å²) in [4.78, 5) is 0. The van der Waals surface area contributed by atoms with Crippen LogP contribution in [0, 0.1) is 0 Å². The number of halogens is 1. The van der Waals surface area contributed by atoms with Gasteiger partial charge in [-0.25, -0.2) is 0 Å². The van der Waals surface area contributed by atoms with Crippen LogP contribution in [0.3, 0.4) is 0 Å². The minimum absolute atomic E-state index is 0.968. The fourth-order valence-corrected chi connectivity index (χ4v) is 1.00. The summed E-state index contributed by atoms with van der Waals surface area (Å²) >= 11 is 5.72. The smallest absolute Gasteiger partial charge is 0.0141 e. The third-order valence-electron chi connectivity index (χ3n) is 1.34. The predicted octanol–water partition coefficient (Wildman–Crippen LogP) is 5.37. The Bertz CT molecular complexity index is 83.2. The maximum Gasteiger partial charge on any atom is 0.0141 e. The second kappa shape index (κ2) is 17.2. The third kappa shape index (κ3) is 12.7. The first kappa shape index (κ1) is 17.9. The lowest BCUT2D eigenvalue weighted by Gasteiger charge is -1.98. The summed E-state index contributed by atoms with van der Waals surface area (Å²) in [6, 6.07) is 0. The van der Waals surface area contributed by atoms with E-state index in [2.05, 4.69) is 13.8 Å². The number of hydrogen-bond acceptors (Lipinski definition) is 0. The van der Waals surface area contributed by atoms with Crippen LogP contribution in [0.5, 0.6) is 0 Å². The molecule has 76 valence electrons. The van der Waals surface area contributed by atoms with E-state index < -0.39 is 0 Å². The van der Waals surface area contributed by atoms with Gasteiger partial charge in [0.05, 0.1) is 0 Å². The van der Waals surface area contributed by atoms with Gasteiger partial charge in [-0.3, -0.25) is 0 Å². The Morgan fingerprint density at radius 1 is 0.917 bits per heavy atom. The summed E-state index contributed by atoms with van der Waals surface area (Å²) < 4.78 is 0. The van der Waals surface area contributed by atoms with E-state index in [-0.39, 0.29) is 0 Å². The Morgan fingerprint density at radius 2 is 1.17 bits per heavy atom. The standard InChI is InChI=1S/C7H13Cl.2C2H6/c1-4-7(5-2)6(3)8;2*1-2/h4-5H2,1-3H3;2*1-2H3. The zero-order valence-electron chi connectivity index (χ0n) is 9.79. The highest BCUT2D eigenvalue weighted by Crippen LogP contribution is 2.14. The zero-order valence-corrected chi connectivity index (χ0v) is 10.5. The van der Waals surface area contributed by atoms with Crippen molar-refractivity contribution in [3.05, 3.63) is 10.6 Å². The molecule has 0 aliphatic heterocycles. The van der Waals surface area contributed by atoms with Crippen molar-refractivity contribution in [2.24, 2.45) is 0 Å².